The summed E-state index contributed by atoms with van der Waals surface area (Å²) in [7, 11) is 1.84. The lowest BCUT2D eigenvalue weighted by Crippen LogP contribution is -2.31. The van der Waals surface area contributed by atoms with Crippen LogP contribution in [0.15, 0.2) is 73.7 Å². The maximum Gasteiger partial charge on any atom is 0.253 e. The quantitative estimate of drug-likeness (QED) is 0.581. The van der Waals surface area contributed by atoms with E-state index in [0.29, 0.717) is 17.2 Å². The lowest BCUT2D eigenvalue weighted by molar-refractivity contribution is 0.0941. The second kappa shape index (κ2) is 7.43. The van der Waals surface area contributed by atoms with E-state index in [-0.39, 0.29) is 11.7 Å². The van der Waals surface area contributed by atoms with Gasteiger partial charge in [-0.25, -0.2) is 19.3 Å². The molecule has 0 aliphatic heterocycles. The average Bonchev–Trinajstić information content (AvgIpc) is 3.39. The van der Waals surface area contributed by atoms with Crippen LogP contribution in [0.2, 0.25) is 0 Å². The van der Waals surface area contributed by atoms with Crippen LogP contribution in [0, 0.1) is 5.82 Å². The molecule has 4 rings (SSSR count). The topological polar surface area (TPSA) is 77.6 Å². The number of carbonyl (C=O) groups is 1. The van der Waals surface area contributed by atoms with Crippen molar-refractivity contribution in [3.05, 3.63) is 96.5 Å². The highest BCUT2D eigenvalue weighted by Crippen LogP contribution is 2.21. The maximum atomic E-state index is 13.3. The predicted octanol–water partition coefficient (Wildman–Crippen LogP) is 2.66. The number of pyridine rings is 1. The number of nitrogens with zero attached hydrogens (tertiary/aromatic N) is 5. The Morgan fingerprint density at radius 2 is 1.89 bits per heavy atom. The van der Waals surface area contributed by atoms with Crippen LogP contribution in [0.5, 0.6) is 0 Å². The molecule has 0 spiro atoms. The SMILES string of the molecule is Cn1ccnc1C(NC(=O)c1ccc(-n2ccnc2)nc1)c1ccc(F)cc1. The summed E-state index contributed by atoms with van der Waals surface area (Å²) in [6.45, 7) is 0. The van der Waals surface area contributed by atoms with Gasteiger partial charge in [0.05, 0.1) is 5.56 Å². The summed E-state index contributed by atoms with van der Waals surface area (Å²) < 4.78 is 16.9. The van der Waals surface area contributed by atoms with Gasteiger partial charge in [-0.2, -0.15) is 0 Å². The van der Waals surface area contributed by atoms with Crippen LogP contribution in [-0.4, -0.2) is 30.0 Å². The van der Waals surface area contributed by atoms with Crippen LogP contribution in [0.3, 0.4) is 0 Å². The van der Waals surface area contributed by atoms with Crippen LogP contribution in [0.4, 0.5) is 4.39 Å². The fraction of sp³-hybridized carbons (Fsp3) is 0.100. The summed E-state index contributed by atoms with van der Waals surface area (Å²) in [5, 5.41) is 2.96. The van der Waals surface area contributed by atoms with E-state index in [2.05, 4.69) is 20.3 Å². The molecule has 0 bridgehead atoms. The molecule has 3 heterocycles. The van der Waals surface area contributed by atoms with Gasteiger partial charge in [0.25, 0.3) is 5.91 Å². The lowest BCUT2D eigenvalue weighted by atomic mass is 10.1. The van der Waals surface area contributed by atoms with Crippen molar-refractivity contribution in [1.29, 1.82) is 0 Å². The van der Waals surface area contributed by atoms with Crippen molar-refractivity contribution in [1.82, 2.24) is 29.4 Å². The molecule has 0 aliphatic carbocycles. The van der Waals surface area contributed by atoms with E-state index in [1.165, 1.54) is 18.3 Å². The molecule has 1 aromatic carbocycles. The number of aryl methyl sites for hydroxylation is 1. The minimum absolute atomic E-state index is 0.304. The normalized spacial score (nSPS) is 11.9. The fourth-order valence-corrected chi connectivity index (χ4v) is 2.89. The van der Waals surface area contributed by atoms with Crippen molar-refractivity contribution in [2.24, 2.45) is 7.05 Å². The van der Waals surface area contributed by atoms with Gasteiger partial charge in [0.2, 0.25) is 0 Å². The van der Waals surface area contributed by atoms with E-state index in [9.17, 15) is 9.18 Å². The van der Waals surface area contributed by atoms with Gasteiger partial charge < -0.3 is 9.88 Å². The zero-order valence-electron chi connectivity index (χ0n) is 15.0. The van der Waals surface area contributed by atoms with Gasteiger partial charge in [0, 0.05) is 38.0 Å². The molecule has 3 aromatic heterocycles. The zero-order valence-corrected chi connectivity index (χ0v) is 15.0. The van der Waals surface area contributed by atoms with Crippen molar-refractivity contribution in [3.63, 3.8) is 0 Å². The van der Waals surface area contributed by atoms with Crippen LogP contribution in [-0.2, 0) is 7.05 Å². The van der Waals surface area contributed by atoms with Gasteiger partial charge in [-0.1, -0.05) is 12.1 Å². The van der Waals surface area contributed by atoms with E-state index in [1.54, 1.807) is 59.9 Å². The molecule has 1 amide bonds. The molecule has 0 saturated heterocycles. The number of nitrogens with one attached hydrogen (secondary N) is 1. The standard InChI is InChI=1S/C20H17FN6O/c1-26-10-9-23-19(26)18(14-2-5-16(21)6-3-14)25-20(28)15-4-7-17(24-12-15)27-11-8-22-13-27/h2-13,18H,1H3,(H,25,28). The van der Waals surface area contributed by atoms with Crippen LogP contribution in [0.1, 0.15) is 27.8 Å². The van der Waals surface area contributed by atoms with Crippen molar-refractivity contribution in [2.45, 2.75) is 6.04 Å². The number of hydrogen-bond donors (Lipinski definition) is 1. The molecule has 28 heavy (non-hydrogen) atoms. The molecule has 7 nitrogen and oxygen atoms in total. The Morgan fingerprint density at radius 3 is 2.50 bits per heavy atom. The highest BCUT2D eigenvalue weighted by molar-refractivity contribution is 5.94. The Kier molecular flexibility index (Phi) is 4.67. The van der Waals surface area contributed by atoms with Crippen LogP contribution >= 0.6 is 0 Å². The number of imidazole rings is 2. The molecule has 4 aromatic rings. The van der Waals surface area contributed by atoms with E-state index < -0.39 is 6.04 Å². The second-order valence-electron chi connectivity index (χ2n) is 6.23. The largest absolute Gasteiger partial charge is 0.338 e. The molecule has 0 radical (unpaired) electrons. The van der Waals surface area contributed by atoms with E-state index in [1.807, 2.05) is 11.6 Å². The van der Waals surface area contributed by atoms with E-state index >= 15 is 0 Å². The molecular formula is C20H17FN6O. The number of halogens is 1. The van der Waals surface area contributed by atoms with Gasteiger partial charge >= 0.3 is 0 Å². The van der Waals surface area contributed by atoms with E-state index in [4.69, 9.17) is 0 Å². The van der Waals surface area contributed by atoms with Crippen molar-refractivity contribution < 1.29 is 9.18 Å². The maximum absolute atomic E-state index is 13.3. The van der Waals surface area contributed by atoms with E-state index in [0.717, 1.165) is 5.56 Å². The number of carbonyl (C=O) groups excluding carboxylic acids is 1. The molecule has 1 N–H and O–H groups in total. The second-order valence-corrected chi connectivity index (χ2v) is 6.23. The van der Waals surface area contributed by atoms with Gasteiger partial charge in [-0.3, -0.25) is 9.36 Å². The third-order valence-electron chi connectivity index (χ3n) is 4.37. The molecule has 0 fully saturated rings. The highest BCUT2D eigenvalue weighted by Gasteiger charge is 2.21. The third kappa shape index (κ3) is 3.52. The van der Waals surface area contributed by atoms with Gasteiger partial charge in [-0.15, -0.1) is 0 Å². The number of benzene rings is 1. The van der Waals surface area contributed by atoms with Crippen molar-refractivity contribution in [3.8, 4) is 5.82 Å². The summed E-state index contributed by atoms with van der Waals surface area (Å²) in [6, 6.07) is 8.89. The van der Waals surface area contributed by atoms with Gasteiger partial charge in [-0.05, 0) is 29.8 Å². The first-order valence-electron chi connectivity index (χ1n) is 8.60. The molecule has 1 atom stereocenters. The Labute approximate surface area is 160 Å². The van der Waals surface area contributed by atoms with Gasteiger partial charge in [0.1, 0.15) is 29.8 Å². The molecule has 0 aliphatic rings. The zero-order chi connectivity index (χ0) is 19.5. The smallest absolute Gasteiger partial charge is 0.253 e. The average molecular weight is 376 g/mol. The lowest BCUT2D eigenvalue weighted by Gasteiger charge is -2.19. The summed E-state index contributed by atoms with van der Waals surface area (Å²) in [6.07, 6.45) is 10.0. The number of amides is 1. The Balaban J connectivity index is 1.60. The molecule has 8 heteroatoms. The fourth-order valence-electron chi connectivity index (χ4n) is 2.89. The van der Waals surface area contributed by atoms with Crippen LogP contribution in [0.25, 0.3) is 5.82 Å². The molecular weight excluding hydrogens is 359 g/mol. The molecule has 1 unspecified atom stereocenters. The van der Waals surface area contributed by atoms with Gasteiger partial charge in [0.15, 0.2) is 0 Å². The predicted molar refractivity (Wildman–Crippen MR) is 100 cm³/mol. The highest BCUT2D eigenvalue weighted by atomic mass is 19.1. The van der Waals surface area contributed by atoms with Crippen molar-refractivity contribution >= 4 is 5.91 Å². The number of rotatable bonds is 5. The first-order valence-corrected chi connectivity index (χ1v) is 8.60. The number of aromatic nitrogens is 5. The van der Waals surface area contributed by atoms with Crippen LogP contribution < -0.4 is 5.32 Å². The minimum atomic E-state index is -0.526. The summed E-state index contributed by atoms with van der Waals surface area (Å²) in [5.74, 6) is 0.658. The summed E-state index contributed by atoms with van der Waals surface area (Å²) in [4.78, 5) is 25.4. The Bertz CT molecular complexity index is 1070. The first-order chi connectivity index (χ1) is 13.6. The molecule has 0 saturated carbocycles. The first kappa shape index (κ1) is 17.6. The summed E-state index contributed by atoms with van der Waals surface area (Å²) >= 11 is 0. The minimum Gasteiger partial charge on any atom is -0.338 e. The molecule has 140 valence electrons. The number of hydrogen-bond acceptors (Lipinski definition) is 4. The Morgan fingerprint density at radius 1 is 1.07 bits per heavy atom. The summed E-state index contributed by atoms with van der Waals surface area (Å²) in [5.41, 5.74) is 1.14. The van der Waals surface area contributed by atoms with Crippen molar-refractivity contribution in [2.75, 3.05) is 0 Å². The monoisotopic (exact) mass is 376 g/mol. The third-order valence-corrected chi connectivity index (χ3v) is 4.37. The Hall–Kier alpha value is -3.81.